The molecule has 4 nitrogen and oxygen atoms in total. The number of benzene rings is 3. The van der Waals surface area contributed by atoms with Crippen LogP contribution in [0.1, 0.15) is 81.8 Å². The zero-order valence-corrected chi connectivity index (χ0v) is 31.3. The summed E-state index contributed by atoms with van der Waals surface area (Å²) in [6.07, 6.45) is -0.670. The van der Waals surface area contributed by atoms with E-state index in [1.54, 1.807) is 83.1 Å². The van der Waals surface area contributed by atoms with E-state index in [0.29, 0.717) is 33.2 Å². The molecule has 0 atom stereocenters. The number of aryl methyl sites for hydroxylation is 3. The zero-order valence-electron chi connectivity index (χ0n) is 38.9. The van der Waals surface area contributed by atoms with Gasteiger partial charge in [0.2, 0.25) is 5.71 Å². The van der Waals surface area contributed by atoms with Crippen molar-refractivity contribution >= 4 is 22.1 Å². The molecule has 0 spiro atoms. The number of furan rings is 1. The number of fused-ring (bicyclic) bond motifs is 3. The molecule has 0 unspecified atom stereocenters. The molecule has 7 aromatic rings. The molecule has 0 aliphatic carbocycles. The van der Waals surface area contributed by atoms with Gasteiger partial charge in [-0.1, -0.05) is 88.0 Å². The first kappa shape index (κ1) is 25.5. The Balaban J connectivity index is 0.000000413. The Morgan fingerprint density at radius 2 is 1.52 bits per heavy atom. The third kappa shape index (κ3) is 8.64. The third-order valence-electron chi connectivity index (χ3n) is 7.89. The van der Waals surface area contributed by atoms with E-state index in [1.165, 1.54) is 17.8 Å². The van der Waals surface area contributed by atoms with Crippen LogP contribution >= 0.6 is 0 Å². The van der Waals surface area contributed by atoms with Gasteiger partial charge in [-0.05, 0) is 95.5 Å². The molecule has 0 N–H and O–H groups in total. The largest absolute Gasteiger partial charge is 0.486 e. The van der Waals surface area contributed by atoms with Crippen LogP contribution in [0.3, 0.4) is 0 Å². The Morgan fingerprint density at radius 3 is 2.18 bits per heavy atom. The Hall–Kier alpha value is -4.44. The van der Waals surface area contributed by atoms with Crippen molar-refractivity contribution in [3.63, 3.8) is 0 Å². The van der Waals surface area contributed by atoms with Gasteiger partial charge in [0.05, 0.1) is 5.58 Å². The molecule has 5 heteroatoms. The van der Waals surface area contributed by atoms with Gasteiger partial charge in [-0.2, -0.15) is 0 Å². The van der Waals surface area contributed by atoms with Crippen molar-refractivity contribution < 1.29 is 38.2 Å². The molecule has 0 bridgehead atoms. The van der Waals surface area contributed by atoms with Crippen molar-refractivity contribution in [2.45, 2.75) is 73.4 Å². The summed E-state index contributed by atoms with van der Waals surface area (Å²) >= 11 is 0. The minimum atomic E-state index is -2.61. The molecule has 257 valence electrons. The Labute approximate surface area is 324 Å². The molecule has 0 saturated heterocycles. The summed E-state index contributed by atoms with van der Waals surface area (Å²) in [6.45, 7) is 5.67. The Morgan fingerprint density at radius 1 is 0.760 bits per heavy atom. The molecule has 4 aromatic heterocycles. The maximum absolute atomic E-state index is 9.30. The van der Waals surface area contributed by atoms with Gasteiger partial charge in [0.15, 0.2) is 0 Å². The fourth-order valence-electron chi connectivity index (χ4n) is 5.60. The summed E-state index contributed by atoms with van der Waals surface area (Å²) in [5, 5.41) is 1.23. The standard InChI is InChI=1S/C33H35N2O.C12H10N.Ir/c1-21-20-34-29(27-10-8-9-25-26-16-11-22(2)35-31(26)36-30(25)27)17-28(21)33(6,7)19-24-14-12-23(13-15-24)18-32(3,4)5;1-10-7-8-12(13-9-10)11-5-3-2-4-6-11;/h8-9,11-17,20H,18-19H2,1-7H3;2-5,7-9H,1H3;/q2*-1;/i1D3,2D3,18D2,19D2;;. The van der Waals surface area contributed by atoms with E-state index in [0.717, 1.165) is 11.3 Å². The quantitative estimate of drug-likeness (QED) is 0.157. The van der Waals surface area contributed by atoms with Crippen molar-refractivity contribution in [3.05, 3.63) is 149 Å². The van der Waals surface area contributed by atoms with E-state index >= 15 is 0 Å². The summed E-state index contributed by atoms with van der Waals surface area (Å²) in [5.74, 6) is 0. The van der Waals surface area contributed by atoms with Gasteiger partial charge in [-0.15, -0.1) is 54.1 Å². The van der Waals surface area contributed by atoms with Crippen LogP contribution in [-0.4, -0.2) is 15.0 Å². The molecule has 50 heavy (non-hydrogen) atoms. The number of hydrogen-bond acceptors (Lipinski definition) is 4. The van der Waals surface area contributed by atoms with Gasteiger partial charge < -0.3 is 14.4 Å². The van der Waals surface area contributed by atoms with Gasteiger partial charge in [0, 0.05) is 57.3 Å². The number of pyridine rings is 3. The van der Waals surface area contributed by atoms with Crippen LogP contribution in [0.5, 0.6) is 0 Å². The molecule has 3 aromatic carbocycles. The average Bonchev–Trinajstić information content (AvgIpc) is 3.56. The Kier molecular flexibility index (Phi) is 7.76. The van der Waals surface area contributed by atoms with Crippen molar-refractivity contribution in [1.82, 2.24) is 15.0 Å². The maximum Gasteiger partial charge on any atom is 0.216 e. The minimum Gasteiger partial charge on any atom is -0.486 e. The number of nitrogens with zero attached hydrogens (tertiary/aromatic N) is 3. The summed E-state index contributed by atoms with van der Waals surface area (Å²) in [6, 6.07) is 32.5. The normalized spacial score (nSPS) is 15.6. The predicted molar refractivity (Wildman–Crippen MR) is 203 cm³/mol. The summed E-state index contributed by atoms with van der Waals surface area (Å²) < 4.78 is 89.7. The maximum atomic E-state index is 9.30. The van der Waals surface area contributed by atoms with E-state index in [-0.39, 0.29) is 48.2 Å². The molecule has 0 fully saturated rings. The second-order valence-corrected chi connectivity index (χ2v) is 13.6. The monoisotopic (exact) mass is 846 g/mol. The number of aromatic nitrogens is 3. The molecule has 1 radical (unpaired) electrons. The zero-order chi connectivity index (χ0) is 43.3. The Bertz CT molecular complexity index is 2600. The topological polar surface area (TPSA) is 51.8 Å². The van der Waals surface area contributed by atoms with E-state index in [2.05, 4.69) is 33.2 Å². The van der Waals surface area contributed by atoms with Gasteiger partial charge in [-0.3, -0.25) is 0 Å². The molecular weight excluding hydrogens is 791 g/mol. The second-order valence-electron chi connectivity index (χ2n) is 13.6. The van der Waals surface area contributed by atoms with E-state index in [9.17, 15) is 2.74 Å². The van der Waals surface area contributed by atoms with E-state index in [4.69, 9.17) is 15.4 Å². The summed E-state index contributed by atoms with van der Waals surface area (Å²) in [7, 11) is 0. The van der Waals surface area contributed by atoms with Crippen LogP contribution in [-0.2, 0) is 38.3 Å². The third-order valence-corrected chi connectivity index (χ3v) is 7.89. The molecule has 0 saturated carbocycles. The first-order valence-corrected chi connectivity index (χ1v) is 16.1. The first-order valence-electron chi connectivity index (χ1n) is 21.1. The molecule has 0 aliphatic rings. The molecule has 4 heterocycles. The van der Waals surface area contributed by atoms with Crippen molar-refractivity contribution in [1.29, 1.82) is 0 Å². The molecule has 0 aliphatic heterocycles. The van der Waals surface area contributed by atoms with Crippen LogP contribution in [0.15, 0.2) is 108 Å². The average molecular weight is 846 g/mol. The minimum absolute atomic E-state index is 0. The molecule has 7 rings (SSSR count). The van der Waals surface area contributed by atoms with Crippen LogP contribution in [0.25, 0.3) is 44.6 Å². The SMILES string of the molecule is Cc1ccc(-c2[c-]cccc2)nc1.[2H]C([2H])([2H])c1ccc2c(n1)oc1c(-c3cc(C(C)(C)C([2H])([2H])c4ccc(C([2H])([2H])C(C)(C)C)cc4)c(C([2H])([2H])[2H])cn3)[c-]ccc12.[Ir]. The smallest absolute Gasteiger partial charge is 0.216 e. The van der Waals surface area contributed by atoms with Gasteiger partial charge in [0.1, 0.15) is 0 Å². The van der Waals surface area contributed by atoms with Crippen molar-refractivity contribution in [2.75, 3.05) is 0 Å². The van der Waals surface area contributed by atoms with E-state index in [1.807, 2.05) is 43.5 Å². The summed E-state index contributed by atoms with van der Waals surface area (Å²) in [4.78, 5) is 13.0. The first-order chi connectivity index (χ1) is 27.3. The van der Waals surface area contributed by atoms with Crippen LogP contribution < -0.4 is 0 Å². The fraction of sp³-hybridized carbons (Fsp3) is 0.267. The van der Waals surface area contributed by atoms with Crippen LogP contribution in [0.2, 0.25) is 0 Å². The predicted octanol–water partition coefficient (Wildman–Crippen LogP) is 11.4. The van der Waals surface area contributed by atoms with Crippen LogP contribution in [0, 0.1) is 38.2 Å². The van der Waals surface area contributed by atoms with Gasteiger partial charge >= 0.3 is 0 Å². The van der Waals surface area contributed by atoms with Crippen LogP contribution in [0.4, 0.5) is 0 Å². The fourth-order valence-corrected chi connectivity index (χ4v) is 5.60. The van der Waals surface area contributed by atoms with Crippen molar-refractivity contribution in [2.24, 2.45) is 5.41 Å². The van der Waals surface area contributed by atoms with Gasteiger partial charge in [0.25, 0.3) is 0 Å². The molecular formula is C45H45IrN3O-2. The van der Waals surface area contributed by atoms with E-state index < -0.39 is 37.3 Å². The van der Waals surface area contributed by atoms with Gasteiger partial charge in [-0.25, -0.2) is 4.98 Å². The number of rotatable bonds is 6. The summed E-state index contributed by atoms with van der Waals surface area (Å²) in [5.41, 5.74) is 2.90. The molecule has 0 amide bonds. The second kappa shape index (κ2) is 15.2. The van der Waals surface area contributed by atoms with Crippen molar-refractivity contribution in [3.8, 4) is 22.5 Å². The number of hydrogen-bond donors (Lipinski definition) is 0.